The summed E-state index contributed by atoms with van der Waals surface area (Å²) in [5, 5.41) is 14.5. The molecule has 4 aliphatic heterocycles. The topological polar surface area (TPSA) is 91.4 Å². The predicted molar refractivity (Wildman–Crippen MR) is 130 cm³/mol. The van der Waals surface area contributed by atoms with Gasteiger partial charge in [-0.05, 0) is 57.4 Å². The zero-order chi connectivity index (χ0) is 27.2. The molecule has 5 fully saturated rings. The number of alkyl halides is 4. The summed E-state index contributed by atoms with van der Waals surface area (Å²) >= 11 is 0. The zero-order valence-corrected chi connectivity index (χ0v) is 21.9. The highest BCUT2D eigenvalue weighted by molar-refractivity contribution is 5.82. The third kappa shape index (κ3) is 5.41. The van der Waals surface area contributed by atoms with Crippen LogP contribution in [-0.4, -0.2) is 119 Å². The van der Waals surface area contributed by atoms with E-state index in [9.17, 15) is 27.2 Å². The molecular formula is C25H40F4N6O3. The Kier molecular flexibility index (Phi) is 8.22. The van der Waals surface area contributed by atoms with Crippen LogP contribution in [0.25, 0.3) is 0 Å². The SMILES string of the molecule is CN(C(=O)[C@@H]1CCN(C(=O)CO)C1)[C@@H](C1CCC(N2CCCC3C2CNC2CC(F)NN23)CC1)C(F)(F)F. The second-order valence-corrected chi connectivity index (χ2v) is 11.7. The predicted octanol–water partition coefficient (Wildman–Crippen LogP) is 1.04. The van der Waals surface area contributed by atoms with Gasteiger partial charge < -0.3 is 14.9 Å². The van der Waals surface area contributed by atoms with Crippen LogP contribution in [0.3, 0.4) is 0 Å². The van der Waals surface area contributed by atoms with Crippen molar-refractivity contribution >= 4 is 11.8 Å². The summed E-state index contributed by atoms with van der Waals surface area (Å²) in [6, 6.07) is -1.32. The number of aliphatic hydroxyl groups is 1. The van der Waals surface area contributed by atoms with E-state index in [-0.39, 0.29) is 37.4 Å². The van der Waals surface area contributed by atoms with Crippen molar-refractivity contribution in [1.29, 1.82) is 0 Å². The van der Waals surface area contributed by atoms with Crippen LogP contribution >= 0.6 is 0 Å². The van der Waals surface area contributed by atoms with Crippen molar-refractivity contribution in [2.75, 3.05) is 39.8 Å². The highest BCUT2D eigenvalue weighted by atomic mass is 19.4. The molecule has 38 heavy (non-hydrogen) atoms. The van der Waals surface area contributed by atoms with E-state index >= 15 is 0 Å². The van der Waals surface area contributed by atoms with E-state index in [1.165, 1.54) is 11.9 Å². The fraction of sp³-hybridized carbons (Fsp3) is 0.920. The Labute approximate surface area is 220 Å². The number of fused-ring (bicyclic) bond motifs is 3. The molecule has 0 radical (unpaired) electrons. The van der Waals surface area contributed by atoms with Crippen LogP contribution in [0.4, 0.5) is 17.6 Å². The van der Waals surface area contributed by atoms with Crippen molar-refractivity contribution in [3.05, 3.63) is 0 Å². The lowest BCUT2D eigenvalue weighted by Crippen LogP contribution is -2.70. The highest BCUT2D eigenvalue weighted by Crippen LogP contribution is 2.41. The van der Waals surface area contributed by atoms with Gasteiger partial charge in [0.2, 0.25) is 11.8 Å². The first kappa shape index (κ1) is 28.0. The molecule has 5 rings (SSSR count). The van der Waals surface area contributed by atoms with Gasteiger partial charge in [0.15, 0.2) is 6.30 Å². The zero-order valence-electron chi connectivity index (χ0n) is 21.9. The molecule has 0 aromatic heterocycles. The molecule has 5 aliphatic rings. The number of amides is 2. The highest BCUT2D eigenvalue weighted by Gasteiger charge is 2.52. The van der Waals surface area contributed by atoms with E-state index in [4.69, 9.17) is 5.11 Å². The summed E-state index contributed by atoms with van der Waals surface area (Å²) in [5.74, 6) is -2.47. The lowest BCUT2D eigenvalue weighted by Gasteiger charge is -2.53. The molecule has 3 N–H and O–H groups in total. The van der Waals surface area contributed by atoms with Crippen molar-refractivity contribution in [3.63, 3.8) is 0 Å². The minimum absolute atomic E-state index is 0.0174. The Morgan fingerprint density at radius 1 is 1.08 bits per heavy atom. The smallest absolute Gasteiger partial charge is 0.387 e. The van der Waals surface area contributed by atoms with E-state index in [0.717, 1.165) is 30.8 Å². The summed E-state index contributed by atoms with van der Waals surface area (Å²) in [6.07, 6.45) is -0.943. The first-order valence-corrected chi connectivity index (χ1v) is 14.0. The van der Waals surface area contributed by atoms with Gasteiger partial charge in [-0.3, -0.25) is 19.8 Å². The van der Waals surface area contributed by atoms with Gasteiger partial charge in [-0.25, -0.2) is 14.8 Å². The molecule has 13 heteroatoms. The van der Waals surface area contributed by atoms with E-state index in [1.807, 2.05) is 5.01 Å². The first-order chi connectivity index (χ1) is 18.1. The monoisotopic (exact) mass is 548 g/mol. The number of nitrogens with one attached hydrogen (secondary N) is 2. The molecule has 0 aromatic carbocycles. The molecule has 9 nitrogen and oxygen atoms in total. The molecular weight excluding hydrogens is 508 g/mol. The summed E-state index contributed by atoms with van der Waals surface area (Å²) in [7, 11) is 1.24. The van der Waals surface area contributed by atoms with Crippen LogP contribution in [0.5, 0.6) is 0 Å². The number of nitrogens with zero attached hydrogens (tertiary/aromatic N) is 4. The quantitative estimate of drug-likeness (QED) is 0.350. The molecule has 1 aliphatic carbocycles. The van der Waals surface area contributed by atoms with Crippen molar-refractivity contribution in [1.82, 2.24) is 30.5 Å². The van der Waals surface area contributed by atoms with Gasteiger partial charge in [0.1, 0.15) is 12.6 Å². The van der Waals surface area contributed by atoms with Crippen molar-refractivity contribution < 1.29 is 32.3 Å². The Morgan fingerprint density at radius 2 is 1.82 bits per heavy atom. The molecule has 4 saturated heterocycles. The molecule has 216 valence electrons. The molecule has 1 saturated carbocycles. The molecule has 4 heterocycles. The molecule has 0 spiro atoms. The second-order valence-electron chi connectivity index (χ2n) is 11.7. The maximum Gasteiger partial charge on any atom is 0.409 e. The summed E-state index contributed by atoms with van der Waals surface area (Å²) < 4.78 is 57.0. The summed E-state index contributed by atoms with van der Waals surface area (Å²) in [4.78, 5) is 29.5. The minimum atomic E-state index is -4.55. The molecule has 0 bridgehead atoms. The van der Waals surface area contributed by atoms with Crippen molar-refractivity contribution in [2.45, 2.75) is 94.2 Å². The van der Waals surface area contributed by atoms with E-state index in [1.54, 1.807) is 0 Å². The number of hydrazine groups is 1. The van der Waals surface area contributed by atoms with E-state index in [2.05, 4.69) is 15.6 Å². The number of likely N-dealkylation sites (tertiary alicyclic amines) is 2. The normalized spacial score (nSPS) is 37.5. The number of piperidine rings is 1. The van der Waals surface area contributed by atoms with Crippen LogP contribution in [0.15, 0.2) is 0 Å². The number of carbonyl (C=O) groups excluding carboxylic acids is 2. The number of hydrogen-bond acceptors (Lipinski definition) is 7. The largest absolute Gasteiger partial charge is 0.409 e. The van der Waals surface area contributed by atoms with Gasteiger partial charge in [-0.1, -0.05) is 0 Å². The average molecular weight is 549 g/mol. The van der Waals surface area contributed by atoms with Crippen LogP contribution in [0, 0.1) is 11.8 Å². The molecule has 0 aromatic rings. The van der Waals surface area contributed by atoms with Gasteiger partial charge in [0.05, 0.1) is 12.1 Å². The fourth-order valence-corrected chi connectivity index (χ4v) is 7.74. The van der Waals surface area contributed by atoms with Crippen molar-refractivity contribution in [2.24, 2.45) is 11.8 Å². The number of rotatable bonds is 5. The first-order valence-electron chi connectivity index (χ1n) is 14.0. The standard InChI is InChI=1S/C25H40F4N6O3/c1-32(24(38)16-8-10-33(13-16)22(37)14-36)23(25(27,28)29)15-4-6-17(7-5-15)34-9-2-3-18-19(34)12-30-21-11-20(26)31-35(18)21/h15-21,23,30-31,36H,2-14H2,1H3/t15?,16-,17?,18?,19?,20?,21?,23+/m1/s1. The van der Waals surface area contributed by atoms with Crippen molar-refractivity contribution in [3.8, 4) is 0 Å². The van der Waals surface area contributed by atoms with Gasteiger partial charge in [-0.2, -0.15) is 13.2 Å². The van der Waals surface area contributed by atoms with Crippen LogP contribution in [0.2, 0.25) is 0 Å². The van der Waals surface area contributed by atoms with Gasteiger partial charge in [0, 0.05) is 51.2 Å². The Morgan fingerprint density at radius 3 is 2.50 bits per heavy atom. The van der Waals surface area contributed by atoms with E-state index in [0.29, 0.717) is 38.5 Å². The Hall–Kier alpha value is -1.54. The lowest BCUT2D eigenvalue weighted by atomic mass is 9.78. The number of carbonyl (C=O) groups is 2. The third-order valence-corrected chi connectivity index (χ3v) is 9.54. The lowest BCUT2D eigenvalue weighted by molar-refractivity contribution is -0.203. The van der Waals surface area contributed by atoms with Gasteiger partial charge in [0.25, 0.3) is 0 Å². The summed E-state index contributed by atoms with van der Waals surface area (Å²) in [6.45, 7) is 1.27. The average Bonchev–Trinajstić information content (AvgIpc) is 3.54. The minimum Gasteiger partial charge on any atom is -0.387 e. The molecule has 6 atom stereocenters. The Bertz CT molecular complexity index is 873. The number of aliphatic hydroxyl groups excluding tert-OH is 1. The maximum atomic E-state index is 14.3. The number of hydrogen-bond donors (Lipinski definition) is 3. The van der Waals surface area contributed by atoms with Crippen LogP contribution in [0.1, 0.15) is 51.4 Å². The summed E-state index contributed by atoms with van der Waals surface area (Å²) in [5.41, 5.74) is 2.96. The second kappa shape index (κ2) is 11.1. The van der Waals surface area contributed by atoms with Gasteiger partial charge >= 0.3 is 6.18 Å². The van der Waals surface area contributed by atoms with Gasteiger partial charge in [-0.15, -0.1) is 0 Å². The van der Waals surface area contributed by atoms with E-state index < -0.39 is 48.8 Å². The van der Waals surface area contributed by atoms with Crippen LogP contribution in [-0.2, 0) is 9.59 Å². The molecule has 2 amide bonds. The Balaban J connectivity index is 1.21. The third-order valence-electron chi connectivity index (χ3n) is 9.54. The fourth-order valence-electron chi connectivity index (χ4n) is 7.74. The number of halogens is 4. The molecule has 4 unspecified atom stereocenters. The van der Waals surface area contributed by atoms with Crippen LogP contribution < -0.4 is 10.7 Å². The maximum absolute atomic E-state index is 14.3.